The Morgan fingerprint density at radius 1 is 1.25 bits per heavy atom. The highest BCUT2D eigenvalue weighted by molar-refractivity contribution is 5.87. The van der Waals surface area contributed by atoms with Gasteiger partial charge in [-0.2, -0.15) is 0 Å². The first kappa shape index (κ1) is 11.1. The number of carbonyl (C=O) groups is 1. The number of carboxylic acid groups (broad SMARTS) is 1. The standard InChI is InChI=1S/C13H15FO2/c14-12-6-4-9(5-7-12)10-2-1-3-11(8-10)13(15)16/h1-3,8-9,12H,4-7H2,(H,15,16). The fourth-order valence-electron chi connectivity index (χ4n) is 2.31. The number of carboxylic acids is 1. The van der Waals surface area contributed by atoms with Gasteiger partial charge in [-0.25, -0.2) is 9.18 Å². The molecule has 1 aromatic rings. The molecule has 1 N–H and O–H groups in total. The Kier molecular flexibility index (Phi) is 3.22. The lowest BCUT2D eigenvalue weighted by Gasteiger charge is -2.24. The molecule has 2 rings (SSSR count). The lowest BCUT2D eigenvalue weighted by atomic mass is 9.83. The first-order valence-corrected chi connectivity index (χ1v) is 5.64. The largest absolute Gasteiger partial charge is 0.478 e. The Morgan fingerprint density at radius 2 is 1.94 bits per heavy atom. The Morgan fingerprint density at radius 3 is 2.56 bits per heavy atom. The molecule has 3 heteroatoms. The molecule has 1 aromatic carbocycles. The summed E-state index contributed by atoms with van der Waals surface area (Å²) in [6.45, 7) is 0. The topological polar surface area (TPSA) is 37.3 Å². The van der Waals surface area contributed by atoms with Crippen LogP contribution in [0.4, 0.5) is 4.39 Å². The molecule has 0 saturated heterocycles. The lowest BCUT2D eigenvalue weighted by molar-refractivity contribution is 0.0696. The molecule has 1 aliphatic carbocycles. The van der Waals surface area contributed by atoms with Crippen LogP contribution in [0.2, 0.25) is 0 Å². The van der Waals surface area contributed by atoms with E-state index in [0.29, 0.717) is 24.3 Å². The number of rotatable bonds is 2. The summed E-state index contributed by atoms with van der Waals surface area (Å²) in [5.74, 6) is -0.577. The maximum absolute atomic E-state index is 13.0. The summed E-state index contributed by atoms with van der Waals surface area (Å²) in [5, 5.41) is 8.89. The third-order valence-corrected chi connectivity index (χ3v) is 3.26. The van der Waals surface area contributed by atoms with Crippen LogP contribution in [0.15, 0.2) is 24.3 Å². The fourth-order valence-corrected chi connectivity index (χ4v) is 2.31. The summed E-state index contributed by atoms with van der Waals surface area (Å²) in [7, 11) is 0. The Balaban J connectivity index is 2.14. The van der Waals surface area contributed by atoms with Gasteiger partial charge < -0.3 is 5.11 Å². The number of aromatic carboxylic acids is 1. The zero-order chi connectivity index (χ0) is 11.5. The minimum atomic E-state index is -0.902. The summed E-state index contributed by atoms with van der Waals surface area (Å²) >= 11 is 0. The molecule has 86 valence electrons. The van der Waals surface area contributed by atoms with E-state index in [1.807, 2.05) is 6.07 Å². The van der Waals surface area contributed by atoms with Gasteiger partial charge in [0, 0.05) is 0 Å². The van der Waals surface area contributed by atoms with Crippen molar-refractivity contribution in [1.29, 1.82) is 0 Å². The van der Waals surface area contributed by atoms with Crippen molar-refractivity contribution < 1.29 is 14.3 Å². The van der Waals surface area contributed by atoms with E-state index in [4.69, 9.17) is 5.11 Å². The minimum absolute atomic E-state index is 0.319. The van der Waals surface area contributed by atoms with E-state index in [1.165, 1.54) is 0 Å². The highest BCUT2D eigenvalue weighted by Crippen LogP contribution is 2.34. The maximum Gasteiger partial charge on any atom is 0.335 e. The van der Waals surface area contributed by atoms with Gasteiger partial charge in [0.05, 0.1) is 5.56 Å². The van der Waals surface area contributed by atoms with Crippen LogP contribution >= 0.6 is 0 Å². The summed E-state index contributed by atoms with van der Waals surface area (Å²) in [5.41, 5.74) is 1.35. The SMILES string of the molecule is O=C(O)c1cccc(C2CCC(F)CC2)c1. The van der Waals surface area contributed by atoms with Gasteiger partial charge in [0.15, 0.2) is 0 Å². The van der Waals surface area contributed by atoms with E-state index in [1.54, 1.807) is 18.2 Å². The van der Waals surface area contributed by atoms with Gasteiger partial charge in [-0.3, -0.25) is 0 Å². The molecule has 0 unspecified atom stereocenters. The molecule has 2 nitrogen and oxygen atoms in total. The Bertz CT molecular complexity index is 381. The van der Waals surface area contributed by atoms with Crippen molar-refractivity contribution in [2.24, 2.45) is 0 Å². The molecule has 1 aliphatic rings. The van der Waals surface area contributed by atoms with Crippen molar-refractivity contribution in [3.05, 3.63) is 35.4 Å². The van der Waals surface area contributed by atoms with Crippen LogP contribution in [-0.2, 0) is 0 Å². The lowest BCUT2D eigenvalue weighted by Crippen LogP contribution is -2.14. The van der Waals surface area contributed by atoms with E-state index in [2.05, 4.69) is 0 Å². The van der Waals surface area contributed by atoms with Crippen molar-refractivity contribution >= 4 is 5.97 Å². The Hall–Kier alpha value is -1.38. The average molecular weight is 222 g/mol. The number of alkyl halides is 1. The molecule has 0 spiro atoms. The van der Waals surface area contributed by atoms with Crippen molar-refractivity contribution in [3.8, 4) is 0 Å². The van der Waals surface area contributed by atoms with Crippen LogP contribution in [0.5, 0.6) is 0 Å². The highest BCUT2D eigenvalue weighted by atomic mass is 19.1. The third kappa shape index (κ3) is 2.40. The zero-order valence-corrected chi connectivity index (χ0v) is 9.03. The van der Waals surface area contributed by atoms with Crippen LogP contribution in [0, 0.1) is 0 Å². The van der Waals surface area contributed by atoms with Gasteiger partial charge in [0.1, 0.15) is 6.17 Å². The number of benzene rings is 1. The minimum Gasteiger partial charge on any atom is -0.478 e. The molecule has 0 radical (unpaired) electrons. The van der Waals surface area contributed by atoms with Crippen molar-refractivity contribution in [2.75, 3.05) is 0 Å². The van der Waals surface area contributed by atoms with Gasteiger partial charge in [-0.15, -0.1) is 0 Å². The summed E-state index contributed by atoms with van der Waals surface area (Å²) in [6.07, 6.45) is 2.18. The second-order valence-electron chi connectivity index (χ2n) is 4.38. The van der Waals surface area contributed by atoms with Crippen LogP contribution in [-0.4, -0.2) is 17.2 Å². The molecular weight excluding hydrogens is 207 g/mol. The molecule has 1 fully saturated rings. The number of halogens is 1. The van der Waals surface area contributed by atoms with Crippen LogP contribution in [0.3, 0.4) is 0 Å². The van der Waals surface area contributed by atoms with E-state index in [9.17, 15) is 9.18 Å². The normalized spacial score (nSPS) is 25.3. The van der Waals surface area contributed by atoms with Crippen LogP contribution < -0.4 is 0 Å². The van der Waals surface area contributed by atoms with Gasteiger partial charge in [0.2, 0.25) is 0 Å². The maximum atomic E-state index is 13.0. The second-order valence-corrected chi connectivity index (χ2v) is 4.38. The Labute approximate surface area is 94.1 Å². The first-order chi connectivity index (χ1) is 7.66. The van der Waals surface area contributed by atoms with Gasteiger partial charge in [-0.1, -0.05) is 12.1 Å². The van der Waals surface area contributed by atoms with Crippen molar-refractivity contribution in [3.63, 3.8) is 0 Å². The molecule has 0 atom stereocenters. The van der Waals surface area contributed by atoms with E-state index >= 15 is 0 Å². The monoisotopic (exact) mass is 222 g/mol. The second kappa shape index (κ2) is 4.64. The number of hydrogen-bond acceptors (Lipinski definition) is 1. The molecule has 16 heavy (non-hydrogen) atoms. The quantitative estimate of drug-likeness (QED) is 0.832. The van der Waals surface area contributed by atoms with Crippen molar-refractivity contribution in [1.82, 2.24) is 0 Å². The average Bonchev–Trinajstić information content (AvgIpc) is 2.30. The summed E-state index contributed by atoms with van der Waals surface area (Å²) in [6, 6.07) is 7.01. The van der Waals surface area contributed by atoms with Crippen LogP contribution in [0.1, 0.15) is 47.5 Å². The fraction of sp³-hybridized carbons (Fsp3) is 0.462. The van der Waals surface area contributed by atoms with E-state index in [-0.39, 0.29) is 0 Å². The molecule has 0 aliphatic heterocycles. The molecular formula is C13H15FO2. The zero-order valence-electron chi connectivity index (χ0n) is 9.03. The third-order valence-electron chi connectivity index (χ3n) is 3.26. The predicted molar refractivity (Wildman–Crippen MR) is 59.5 cm³/mol. The molecule has 0 amide bonds. The predicted octanol–water partition coefficient (Wildman–Crippen LogP) is 3.38. The van der Waals surface area contributed by atoms with Gasteiger partial charge in [-0.05, 0) is 49.3 Å². The summed E-state index contributed by atoms with van der Waals surface area (Å²) < 4.78 is 13.0. The number of hydrogen-bond donors (Lipinski definition) is 1. The van der Waals surface area contributed by atoms with E-state index < -0.39 is 12.1 Å². The molecule has 0 aromatic heterocycles. The van der Waals surface area contributed by atoms with Gasteiger partial charge in [0.25, 0.3) is 0 Å². The summed E-state index contributed by atoms with van der Waals surface area (Å²) in [4.78, 5) is 10.8. The smallest absolute Gasteiger partial charge is 0.335 e. The highest BCUT2D eigenvalue weighted by Gasteiger charge is 2.22. The molecule has 1 saturated carbocycles. The first-order valence-electron chi connectivity index (χ1n) is 5.64. The van der Waals surface area contributed by atoms with Crippen molar-refractivity contribution in [2.45, 2.75) is 37.8 Å². The molecule has 0 bridgehead atoms. The van der Waals surface area contributed by atoms with Crippen LogP contribution in [0.25, 0.3) is 0 Å². The molecule has 0 heterocycles. The van der Waals surface area contributed by atoms with E-state index in [0.717, 1.165) is 18.4 Å². The van der Waals surface area contributed by atoms with Gasteiger partial charge >= 0.3 is 5.97 Å².